The lowest BCUT2D eigenvalue weighted by Gasteiger charge is -2.37. The van der Waals surface area contributed by atoms with Crippen LogP contribution in [0, 0.1) is 35.5 Å². The van der Waals surface area contributed by atoms with Crippen molar-refractivity contribution in [2.45, 2.75) is 32.1 Å². The van der Waals surface area contributed by atoms with Crippen LogP contribution in [0.2, 0.25) is 0 Å². The molecular weight excluding hydrogens is 298 g/mol. The minimum absolute atomic E-state index is 0.0606. The molecule has 5 aliphatic carbocycles. The Hall–Kier alpha value is -1.90. The van der Waals surface area contributed by atoms with Gasteiger partial charge in [0.15, 0.2) is 0 Å². The van der Waals surface area contributed by atoms with Crippen LogP contribution < -0.4 is 4.90 Å². The van der Waals surface area contributed by atoms with Gasteiger partial charge >= 0.3 is 0 Å². The molecule has 3 nitrogen and oxygen atoms in total. The fourth-order valence-corrected chi connectivity index (χ4v) is 6.07. The van der Waals surface area contributed by atoms with Gasteiger partial charge in [-0.15, -0.1) is 0 Å². The van der Waals surface area contributed by atoms with Crippen LogP contribution in [0.25, 0.3) is 0 Å². The van der Waals surface area contributed by atoms with E-state index in [0.717, 1.165) is 18.5 Å². The first kappa shape index (κ1) is 13.4. The number of anilines is 1. The quantitative estimate of drug-likeness (QED) is 0.589. The topological polar surface area (TPSA) is 37.4 Å². The van der Waals surface area contributed by atoms with Crippen LogP contribution in [0.1, 0.15) is 30.4 Å². The van der Waals surface area contributed by atoms with E-state index in [4.69, 9.17) is 0 Å². The third-order valence-corrected chi connectivity index (χ3v) is 7.25. The maximum absolute atomic E-state index is 13.1. The van der Waals surface area contributed by atoms with Crippen molar-refractivity contribution in [2.75, 3.05) is 4.90 Å². The Morgan fingerprint density at radius 1 is 0.833 bits per heavy atom. The Kier molecular flexibility index (Phi) is 2.45. The number of rotatable bonds is 1. The van der Waals surface area contributed by atoms with Crippen LogP contribution in [-0.2, 0) is 22.4 Å². The van der Waals surface area contributed by atoms with E-state index in [1.54, 1.807) is 0 Å². The number of carbonyl (C=O) groups is 2. The first-order valence-corrected chi connectivity index (χ1v) is 9.42. The summed E-state index contributed by atoms with van der Waals surface area (Å²) in [5, 5.41) is 0. The highest BCUT2D eigenvalue weighted by molar-refractivity contribution is 6.22. The molecule has 1 aromatic carbocycles. The molecular formula is C21H21NO2. The fraction of sp³-hybridized carbons (Fsp3) is 0.524. The molecule has 0 radical (unpaired) electrons. The number of imide groups is 1. The Bertz CT molecular complexity index is 774. The minimum atomic E-state index is -0.0905. The first-order chi connectivity index (χ1) is 11.7. The summed E-state index contributed by atoms with van der Waals surface area (Å²) in [5.41, 5.74) is 3.54. The molecule has 1 saturated heterocycles. The van der Waals surface area contributed by atoms with Gasteiger partial charge in [-0.05, 0) is 79.0 Å². The van der Waals surface area contributed by atoms with Crippen LogP contribution >= 0.6 is 0 Å². The summed E-state index contributed by atoms with van der Waals surface area (Å²) in [5.74, 6) is 1.90. The van der Waals surface area contributed by atoms with Gasteiger partial charge in [-0.2, -0.15) is 0 Å². The van der Waals surface area contributed by atoms with Gasteiger partial charge < -0.3 is 0 Å². The third-order valence-electron chi connectivity index (χ3n) is 7.25. The monoisotopic (exact) mass is 319 g/mol. The lowest BCUT2D eigenvalue weighted by atomic mass is 9.63. The Morgan fingerprint density at radius 3 is 2.12 bits per heavy atom. The molecule has 3 heteroatoms. The fourth-order valence-electron chi connectivity index (χ4n) is 6.07. The second-order valence-corrected chi connectivity index (χ2v) is 8.33. The summed E-state index contributed by atoms with van der Waals surface area (Å²) in [6.07, 6.45) is 10.3. The zero-order chi connectivity index (χ0) is 16.0. The Balaban J connectivity index is 1.41. The molecule has 0 aromatic heterocycles. The second-order valence-electron chi connectivity index (χ2n) is 8.33. The largest absolute Gasteiger partial charge is 0.274 e. The molecule has 122 valence electrons. The molecule has 0 spiro atoms. The zero-order valence-corrected chi connectivity index (χ0v) is 13.7. The zero-order valence-electron chi connectivity index (χ0n) is 13.7. The van der Waals surface area contributed by atoms with Crippen molar-refractivity contribution in [1.29, 1.82) is 0 Å². The Morgan fingerprint density at radius 2 is 1.46 bits per heavy atom. The number of hydrogen-bond acceptors (Lipinski definition) is 2. The molecule has 6 atom stereocenters. The molecule has 1 aliphatic heterocycles. The smallest absolute Gasteiger partial charge is 0.238 e. The van der Waals surface area contributed by atoms with Crippen LogP contribution in [0.4, 0.5) is 5.69 Å². The number of fused-ring (bicyclic) bond motifs is 1. The highest BCUT2D eigenvalue weighted by atomic mass is 16.2. The van der Waals surface area contributed by atoms with Crippen molar-refractivity contribution >= 4 is 17.5 Å². The second kappa shape index (κ2) is 4.38. The third kappa shape index (κ3) is 1.54. The Labute approximate surface area is 141 Å². The highest BCUT2D eigenvalue weighted by Gasteiger charge is 2.67. The molecule has 3 fully saturated rings. The van der Waals surface area contributed by atoms with E-state index in [1.807, 2.05) is 6.07 Å². The van der Waals surface area contributed by atoms with Crippen molar-refractivity contribution in [2.24, 2.45) is 35.5 Å². The number of allylic oxidation sites excluding steroid dienone is 2. The SMILES string of the molecule is O=C1C2C3C=CC(C4CC34)C2C(=O)N1c1ccc2c(c1)CCCC2. The van der Waals surface area contributed by atoms with E-state index in [0.29, 0.717) is 23.7 Å². The van der Waals surface area contributed by atoms with Crippen molar-refractivity contribution in [3.63, 3.8) is 0 Å². The van der Waals surface area contributed by atoms with Gasteiger partial charge in [0, 0.05) is 0 Å². The summed E-state index contributed by atoms with van der Waals surface area (Å²) in [7, 11) is 0. The van der Waals surface area contributed by atoms with E-state index < -0.39 is 0 Å². The molecule has 1 aromatic rings. The number of carbonyl (C=O) groups excluding carboxylic acids is 2. The van der Waals surface area contributed by atoms with Gasteiger partial charge in [0.2, 0.25) is 11.8 Å². The summed E-state index contributed by atoms with van der Waals surface area (Å²) in [4.78, 5) is 27.8. The van der Waals surface area contributed by atoms with E-state index >= 15 is 0 Å². The van der Waals surface area contributed by atoms with Gasteiger partial charge in [-0.1, -0.05) is 18.2 Å². The van der Waals surface area contributed by atoms with Gasteiger partial charge in [0.25, 0.3) is 0 Å². The average molecular weight is 319 g/mol. The molecule has 6 unspecified atom stereocenters. The van der Waals surface area contributed by atoms with Crippen molar-refractivity contribution in [3.8, 4) is 0 Å². The normalized spacial score (nSPS) is 41.2. The maximum atomic E-state index is 13.1. The molecule has 2 saturated carbocycles. The molecule has 0 N–H and O–H groups in total. The lowest BCUT2D eigenvalue weighted by Crippen LogP contribution is -2.40. The standard InChI is InChI=1S/C21H21NO2/c23-20-18-14-7-8-15(17-10-16(14)17)19(18)21(24)22(20)13-6-5-11-3-1-2-4-12(11)9-13/h5-9,14-19H,1-4,10H2. The summed E-state index contributed by atoms with van der Waals surface area (Å²) < 4.78 is 0. The number of amides is 2. The van der Waals surface area contributed by atoms with Gasteiger partial charge in [0.1, 0.15) is 0 Å². The molecule has 2 bridgehead atoms. The summed E-state index contributed by atoms with van der Waals surface area (Å²) in [6, 6.07) is 6.24. The van der Waals surface area contributed by atoms with Crippen molar-refractivity contribution < 1.29 is 9.59 Å². The lowest BCUT2D eigenvalue weighted by molar-refractivity contribution is -0.124. The van der Waals surface area contributed by atoms with E-state index in [-0.39, 0.29) is 23.7 Å². The van der Waals surface area contributed by atoms with Crippen molar-refractivity contribution in [1.82, 2.24) is 0 Å². The molecule has 6 aliphatic rings. The first-order valence-electron chi connectivity index (χ1n) is 9.42. The van der Waals surface area contributed by atoms with E-state index in [2.05, 4.69) is 24.3 Å². The van der Waals surface area contributed by atoms with Gasteiger partial charge in [0.05, 0.1) is 17.5 Å². The predicted octanol–water partition coefficient (Wildman–Crippen LogP) is 3.12. The van der Waals surface area contributed by atoms with Crippen LogP contribution in [-0.4, -0.2) is 11.8 Å². The van der Waals surface area contributed by atoms with E-state index in [1.165, 1.54) is 35.3 Å². The number of benzene rings is 1. The van der Waals surface area contributed by atoms with Crippen LogP contribution in [0.5, 0.6) is 0 Å². The van der Waals surface area contributed by atoms with Crippen LogP contribution in [0.15, 0.2) is 30.4 Å². The maximum Gasteiger partial charge on any atom is 0.238 e. The molecule has 7 rings (SSSR count). The minimum Gasteiger partial charge on any atom is -0.274 e. The number of aryl methyl sites for hydroxylation is 2. The average Bonchev–Trinajstić information content (AvgIpc) is 3.39. The molecule has 2 amide bonds. The number of hydrogen-bond donors (Lipinski definition) is 0. The molecule has 1 heterocycles. The highest BCUT2D eigenvalue weighted by Crippen LogP contribution is 2.65. The molecule has 24 heavy (non-hydrogen) atoms. The van der Waals surface area contributed by atoms with Crippen molar-refractivity contribution in [3.05, 3.63) is 41.5 Å². The van der Waals surface area contributed by atoms with Gasteiger partial charge in [-0.3, -0.25) is 14.5 Å². The van der Waals surface area contributed by atoms with E-state index in [9.17, 15) is 9.59 Å². The van der Waals surface area contributed by atoms with Gasteiger partial charge in [-0.25, -0.2) is 0 Å². The van der Waals surface area contributed by atoms with Crippen LogP contribution in [0.3, 0.4) is 0 Å². The summed E-state index contributed by atoms with van der Waals surface area (Å²) >= 11 is 0. The number of nitrogens with zero attached hydrogens (tertiary/aromatic N) is 1. The summed E-state index contributed by atoms with van der Waals surface area (Å²) in [6.45, 7) is 0. The predicted molar refractivity (Wildman–Crippen MR) is 90.3 cm³/mol.